The fraction of sp³-hybridized carbons (Fsp3) is 0.632. The van der Waals surface area contributed by atoms with E-state index in [1.54, 1.807) is 19.4 Å². The molecular weight excluding hydrogens is 372 g/mol. The minimum absolute atomic E-state index is 0.211. The van der Waals surface area contributed by atoms with Gasteiger partial charge in [-0.1, -0.05) is 0 Å². The Morgan fingerprint density at radius 1 is 0.966 bits per heavy atom. The molecule has 1 saturated heterocycles. The Hall–Kier alpha value is -2.75. The van der Waals surface area contributed by atoms with Gasteiger partial charge in [0.1, 0.15) is 0 Å². The zero-order valence-electron chi connectivity index (χ0n) is 17.0. The molecule has 2 fully saturated rings. The molecule has 0 atom stereocenters. The molecule has 156 valence electrons. The Labute approximate surface area is 169 Å². The van der Waals surface area contributed by atoms with Crippen LogP contribution in [0.15, 0.2) is 28.0 Å². The topological polar surface area (TPSA) is 101 Å². The standard InChI is InChI=1S/C19H28N8O2/c1-24-17(28)16(23-25(2)19(24)29)22-14-4-6-15(7-5-14)26-10-12-27(13-11-26)18-20-8-3-9-21-18/h3,8-9,14-15H,4-7,10-13H2,1-2H3,(H,22,23). The van der Waals surface area contributed by atoms with E-state index in [0.29, 0.717) is 6.04 Å². The molecule has 2 aliphatic rings. The molecule has 0 aromatic carbocycles. The van der Waals surface area contributed by atoms with Crippen LogP contribution in [-0.4, -0.2) is 67.5 Å². The number of nitrogens with one attached hydrogen (secondary N) is 1. The van der Waals surface area contributed by atoms with Crippen LogP contribution in [0.4, 0.5) is 11.8 Å². The van der Waals surface area contributed by atoms with Gasteiger partial charge in [-0.3, -0.25) is 14.3 Å². The maximum absolute atomic E-state index is 12.3. The molecule has 0 radical (unpaired) electrons. The highest BCUT2D eigenvalue weighted by molar-refractivity contribution is 5.31. The zero-order chi connectivity index (χ0) is 20.4. The van der Waals surface area contributed by atoms with E-state index in [1.165, 1.54) is 11.7 Å². The number of rotatable bonds is 4. The zero-order valence-corrected chi connectivity index (χ0v) is 17.0. The molecule has 0 unspecified atom stereocenters. The lowest BCUT2D eigenvalue weighted by molar-refractivity contribution is 0.143. The lowest BCUT2D eigenvalue weighted by Crippen LogP contribution is -2.52. The fourth-order valence-electron chi connectivity index (χ4n) is 4.31. The van der Waals surface area contributed by atoms with Crippen LogP contribution >= 0.6 is 0 Å². The van der Waals surface area contributed by atoms with Crippen molar-refractivity contribution < 1.29 is 0 Å². The second-order valence-electron chi connectivity index (χ2n) is 7.84. The average Bonchev–Trinajstić information content (AvgIpc) is 2.77. The van der Waals surface area contributed by atoms with Crippen LogP contribution in [0.25, 0.3) is 0 Å². The smallest absolute Gasteiger partial charge is 0.346 e. The summed E-state index contributed by atoms with van der Waals surface area (Å²) in [6.45, 7) is 3.92. The van der Waals surface area contributed by atoms with Crippen molar-refractivity contribution in [1.82, 2.24) is 29.2 Å². The first kappa shape index (κ1) is 19.6. The van der Waals surface area contributed by atoms with E-state index in [1.807, 2.05) is 6.07 Å². The van der Waals surface area contributed by atoms with Crippen molar-refractivity contribution in [2.45, 2.75) is 37.8 Å². The van der Waals surface area contributed by atoms with Gasteiger partial charge in [-0.25, -0.2) is 19.4 Å². The molecule has 0 bridgehead atoms. The van der Waals surface area contributed by atoms with Crippen molar-refractivity contribution in [2.75, 3.05) is 36.4 Å². The summed E-state index contributed by atoms with van der Waals surface area (Å²) in [5.41, 5.74) is -0.779. The molecule has 1 saturated carbocycles. The van der Waals surface area contributed by atoms with Crippen molar-refractivity contribution in [3.8, 4) is 0 Å². The largest absolute Gasteiger partial charge is 0.361 e. The molecule has 1 aliphatic heterocycles. The molecule has 1 N–H and O–H groups in total. The van der Waals surface area contributed by atoms with Gasteiger partial charge in [0.15, 0.2) is 0 Å². The highest BCUT2D eigenvalue weighted by Crippen LogP contribution is 2.26. The van der Waals surface area contributed by atoms with Crippen LogP contribution in [0, 0.1) is 0 Å². The molecule has 1 aliphatic carbocycles. The molecule has 10 nitrogen and oxygen atoms in total. The SMILES string of the molecule is Cn1nc(NC2CCC(N3CCN(c4ncccn4)CC3)CC2)c(=O)n(C)c1=O. The minimum atomic E-state index is -0.413. The number of hydrogen-bond donors (Lipinski definition) is 1. The normalized spacial score (nSPS) is 23.2. The molecule has 0 amide bonds. The molecule has 29 heavy (non-hydrogen) atoms. The van der Waals surface area contributed by atoms with Crippen LogP contribution < -0.4 is 21.5 Å². The van der Waals surface area contributed by atoms with E-state index < -0.39 is 5.69 Å². The van der Waals surface area contributed by atoms with Gasteiger partial charge < -0.3 is 10.2 Å². The van der Waals surface area contributed by atoms with E-state index in [-0.39, 0.29) is 17.4 Å². The second-order valence-corrected chi connectivity index (χ2v) is 7.84. The molecule has 2 aromatic heterocycles. The number of aryl methyl sites for hydroxylation is 1. The fourth-order valence-corrected chi connectivity index (χ4v) is 4.31. The van der Waals surface area contributed by atoms with E-state index in [4.69, 9.17) is 0 Å². The van der Waals surface area contributed by atoms with Crippen molar-refractivity contribution >= 4 is 11.8 Å². The minimum Gasteiger partial charge on any atom is -0.361 e. The molecule has 3 heterocycles. The summed E-state index contributed by atoms with van der Waals surface area (Å²) in [7, 11) is 3.04. The van der Waals surface area contributed by atoms with Crippen LogP contribution in [0.2, 0.25) is 0 Å². The first-order valence-electron chi connectivity index (χ1n) is 10.2. The highest BCUT2D eigenvalue weighted by Gasteiger charge is 2.29. The van der Waals surface area contributed by atoms with E-state index in [9.17, 15) is 9.59 Å². The number of hydrogen-bond acceptors (Lipinski definition) is 8. The Bertz CT molecular complexity index is 941. The summed E-state index contributed by atoms with van der Waals surface area (Å²) < 4.78 is 2.29. The summed E-state index contributed by atoms with van der Waals surface area (Å²) in [6, 6.07) is 2.62. The molecule has 0 spiro atoms. The van der Waals surface area contributed by atoms with Gasteiger partial charge in [-0.15, -0.1) is 5.10 Å². The summed E-state index contributed by atoms with van der Waals surface area (Å²) in [6.07, 6.45) is 7.73. The van der Waals surface area contributed by atoms with Gasteiger partial charge in [-0.05, 0) is 31.7 Å². The van der Waals surface area contributed by atoms with Gasteiger partial charge in [-0.2, -0.15) is 0 Å². The molecule has 10 heteroatoms. The first-order valence-corrected chi connectivity index (χ1v) is 10.2. The number of aromatic nitrogens is 5. The number of nitrogens with zero attached hydrogens (tertiary/aromatic N) is 7. The van der Waals surface area contributed by atoms with Crippen molar-refractivity contribution in [2.24, 2.45) is 14.1 Å². The lowest BCUT2D eigenvalue weighted by atomic mass is 9.90. The van der Waals surface area contributed by atoms with E-state index in [2.05, 4.69) is 30.2 Å². The van der Waals surface area contributed by atoms with Crippen LogP contribution in [0.1, 0.15) is 25.7 Å². The van der Waals surface area contributed by atoms with E-state index in [0.717, 1.165) is 62.4 Å². The molecular formula is C19H28N8O2. The van der Waals surface area contributed by atoms with Gasteiger partial charge >= 0.3 is 5.69 Å². The van der Waals surface area contributed by atoms with Gasteiger partial charge in [0, 0.05) is 64.8 Å². The third-order valence-corrected chi connectivity index (χ3v) is 6.02. The number of piperazine rings is 1. The third-order valence-electron chi connectivity index (χ3n) is 6.02. The Morgan fingerprint density at radius 2 is 1.62 bits per heavy atom. The monoisotopic (exact) mass is 400 g/mol. The molecule has 4 rings (SSSR count). The first-order chi connectivity index (χ1) is 14.0. The number of anilines is 2. The van der Waals surface area contributed by atoms with Crippen molar-refractivity contribution in [1.29, 1.82) is 0 Å². The predicted molar refractivity (Wildman–Crippen MR) is 110 cm³/mol. The Balaban J connectivity index is 1.29. The summed E-state index contributed by atoms with van der Waals surface area (Å²) in [5, 5.41) is 7.37. The summed E-state index contributed by atoms with van der Waals surface area (Å²) in [4.78, 5) is 37.6. The third kappa shape index (κ3) is 4.16. The average molecular weight is 400 g/mol. The second kappa shape index (κ2) is 8.32. The van der Waals surface area contributed by atoms with Crippen LogP contribution in [0.5, 0.6) is 0 Å². The van der Waals surface area contributed by atoms with Crippen LogP contribution in [-0.2, 0) is 14.1 Å². The lowest BCUT2D eigenvalue weighted by Gasteiger charge is -2.42. The summed E-state index contributed by atoms with van der Waals surface area (Å²) in [5.74, 6) is 1.07. The van der Waals surface area contributed by atoms with E-state index >= 15 is 0 Å². The maximum atomic E-state index is 12.3. The predicted octanol–water partition coefficient (Wildman–Crippen LogP) is -0.186. The highest BCUT2D eigenvalue weighted by atomic mass is 16.2. The Kier molecular flexibility index (Phi) is 5.61. The molecule has 2 aromatic rings. The Morgan fingerprint density at radius 3 is 2.28 bits per heavy atom. The van der Waals surface area contributed by atoms with Crippen LogP contribution in [0.3, 0.4) is 0 Å². The van der Waals surface area contributed by atoms with Gasteiger partial charge in [0.05, 0.1) is 0 Å². The van der Waals surface area contributed by atoms with Gasteiger partial charge in [0.25, 0.3) is 5.56 Å². The van der Waals surface area contributed by atoms with Gasteiger partial charge in [0.2, 0.25) is 11.8 Å². The quantitative estimate of drug-likeness (QED) is 0.754. The summed E-state index contributed by atoms with van der Waals surface area (Å²) >= 11 is 0. The van der Waals surface area contributed by atoms with Crippen molar-refractivity contribution in [3.05, 3.63) is 39.3 Å². The maximum Gasteiger partial charge on any atom is 0.346 e. The van der Waals surface area contributed by atoms with Crippen molar-refractivity contribution in [3.63, 3.8) is 0 Å².